The maximum atomic E-state index is 14.2. The van der Waals surface area contributed by atoms with Crippen LogP contribution < -0.4 is 9.80 Å². The number of aryl methyl sites for hydroxylation is 6. The van der Waals surface area contributed by atoms with Crippen LogP contribution in [0.5, 0.6) is 0 Å². The highest BCUT2D eigenvalue weighted by molar-refractivity contribution is 6.32. The second-order valence-electron chi connectivity index (χ2n) is 22.4. The number of ketones is 2. The van der Waals surface area contributed by atoms with Crippen LogP contribution in [0.25, 0.3) is 54.6 Å². The molecule has 0 amide bonds. The van der Waals surface area contributed by atoms with Crippen molar-refractivity contribution in [3.8, 4) is 22.3 Å². The molecule has 0 aliphatic carbocycles. The lowest BCUT2D eigenvalue weighted by Crippen LogP contribution is -2.12. The monoisotopic (exact) mass is 1060 g/mol. The van der Waals surface area contributed by atoms with E-state index in [9.17, 15) is 9.59 Å². The van der Waals surface area contributed by atoms with Crippen molar-refractivity contribution in [2.75, 3.05) is 9.80 Å². The molecule has 0 spiro atoms. The second kappa shape index (κ2) is 23.0. The zero-order chi connectivity index (χ0) is 56.4. The van der Waals surface area contributed by atoms with Gasteiger partial charge >= 0.3 is 0 Å². The van der Waals surface area contributed by atoms with Gasteiger partial charge in [0.1, 0.15) is 0 Å². The lowest BCUT2D eigenvalue weighted by atomic mass is 9.84. The molecule has 0 saturated carbocycles. The van der Waals surface area contributed by atoms with E-state index in [1.165, 1.54) is 33.4 Å². The van der Waals surface area contributed by atoms with E-state index in [1.807, 2.05) is 48.5 Å². The van der Waals surface area contributed by atoms with Crippen LogP contribution in [-0.2, 0) is 12.8 Å². The molecule has 0 saturated heterocycles. The zero-order valence-electron chi connectivity index (χ0n) is 47.9. The van der Waals surface area contributed by atoms with Crippen molar-refractivity contribution < 1.29 is 9.59 Å². The molecule has 0 bridgehead atoms. The Morgan fingerprint density at radius 1 is 0.317 bits per heavy atom. The molecule has 0 heterocycles. The summed E-state index contributed by atoms with van der Waals surface area (Å²) >= 11 is 0. The molecule has 0 aliphatic rings. The summed E-state index contributed by atoms with van der Waals surface area (Å²) in [5.74, 6) is 0.0189. The van der Waals surface area contributed by atoms with Crippen molar-refractivity contribution in [3.05, 3.63) is 286 Å². The molecular weight excluding hydrogens is 997 g/mol. The third kappa shape index (κ3) is 10.5. The number of hydrogen-bond acceptors (Lipinski definition) is 4. The summed E-state index contributed by atoms with van der Waals surface area (Å²) in [6.45, 7) is 12.9. The molecule has 0 aromatic heterocycles. The van der Waals surface area contributed by atoms with Crippen LogP contribution in [0.2, 0.25) is 0 Å². The van der Waals surface area contributed by atoms with Crippen LogP contribution in [0.1, 0.15) is 105 Å². The highest BCUT2D eigenvalue weighted by Gasteiger charge is 2.26. The van der Waals surface area contributed by atoms with Gasteiger partial charge in [-0.15, -0.1) is 0 Å². The van der Waals surface area contributed by atoms with Crippen molar-refractivity contribution in [1.82, 2.24) is 0 Å². The average molecular weight is 1070 g/mol. The van der Waals surface area contributed by atoms with Gasteiger partial charge in [-0.25, -0.2) is 0 Å². The Morgan fingerprint density at radius 3 is 0.866 bits per heavy atom. The third-order valence-electron chi connectivity index (χ3n) is 16.5. The maximum absolute atomic E-state index is 14.2. The number of carbonyl (C=O) groups is 2. The van der Waals surface area contributed by atoms with Crippen LogP contribution in [0.15, 0.2) is 231 Å². The number of rotatable bonds is 18. The third-order valence-corrected chi connectivity index (χ3v) is 16.5. The van der Waals surface area contributed by atoms with Gasteiger partial charge in [0.25, 0.3) is 0 Å². The molecule has 4 nitrogen and oxygen atoms in total. The fourth-order valence-corrected chi connectivity index (χ4v) is 11.8. The van der Waals surface area contributed by atoms with Crippen molar-refractivity contribution in [3.63, 3.8) is 0 Å². The number of benzene rings is 12. The summed E-state index contributed by atoms with van der Waals surface area (Å²) in [6.07, 6.45) is 6.54. The number of hydrogen-bond donors (Lipinski definition) is 0. The van der Waals surface area contributed by atoms with Gasteiger partial charge in [0.05, 0.1) is 11.4 Å². The molecule has 0 atom stereocenters. The summed E-state index contributed by atoms with van der Waals surface area (Å²) in [5.41, 5.74) is 20.3. The minimum atomic E-state index is 0.00945. The summed E-state index contributed by atoms with van der Waals surface area (Å²) in [5, 5.41) is 6.70. The zero-order valence-corrected chi connectivity index (χ0v) is 47.9. The van der Waals surface area contributed by atoms with Gasteiger partial charge in [-0.05, 0) is 158 Å². The van der Waals surface area contributed by atoms with E-state index in [0.717, 1.165) is 127 Å². The summed E-state index contributed by atoms with van der Waals surface area (Å²) in [4.78, 5) is 33.1. The van der Waals surface area contributed by atoms with E-state index in [2.05, 4.69) is 233 Å². The highest BCUT2D eigenvalue weighted by Crippen LogP contribution is 2.52. The van der Waals surface area contributed by atoms with Crippen molar-refractivity contribution >= 4 is 78.0 Å². The molecule has 12 rings (SSSR count). The first-order valence-corrected chi connectivity index (χ1v) is 29.2. The Labute approximate surface area is 483 Å². The molecule has 0 fully saturated rings. The quantitative estimate of drug-likeness (QED) is 0.0634. The molecule has 0 radical (unpaired) electrons. The van der Waals surface area contributed by atoms with E-state index in [4.69, 9.17) is 0 Å². The Hall–Kier alpha value is -9.38. The summed E-state index contributed by atoms with van der Waals surface area (Å²) in [6, 6.07) is 82.0. The Kier molecular flexibility index (Phi) is 14.9. The van der Waals surface area contributed by atoms with E-state index in [0.29, 0.717) is 22.3 Å². The largest absolute Gasteiger partial charge is 0.310 e. The van der Waals surface area contributed by atoms with E-state index in [1.54, 1.807) is 0 Å². The van der Waals surface area contributed by atoms with Gasteiger partial charge in [-0.2, -0.15) is 0 Å². The van der Waals surface area contributed by atoms with Gasteiger partial charge in [0, 0.05) is 66.5 Å². The first-order valence-electron chi connectivity index (χ1n) is 29.2. The fourth-order valence-electron chi connectivity index (χ4n) is 11.8. The van der Waals surface area contributed by atoms with Crippen LogP contribution in [0.4, 0.5) is 34.1 Å². The van der Waals surface area contributed by atoms with E-state index in [-0.39, 0.29) is 11.6 Å². The molecule has 82 heavy (non-hydrogen) atoms. The van der Waals surface area contributed by atoms with Crippen LogP contribution in [0, 0.1) is 27.7 Å². The molecule has 402 valence electrons. The SMILES string of the molecule is CCCCc1ccc(C(=O)c2ccc(-c3cc(N(c4ccc(C)cc4)c4ccc(C)cc4)c4ccc5c(-c6ccc(C(=O)c7ccc(CCCC)cc7)cc6)cc(N(c6ccc(C)cc6)c6ccc(C)cc6)c6ccc3c4c56)cc2)cc1. The van der Waals surface area contributed by atoms with Crippen LogP contribution in [0.3, 0.4) is 0 Å². The Balaban J connectivity index is 1.11. The second-order valence-corrected chi connectivity index (χ2v) is 22.4. The van der Waals surface area contributed by atoms with E-state index >= 15 is 0 Å². The fraction of sp³-hybridized carbons (Fsp3) is 0.154. The average Bonchev–Trinajstić information content (AvgIpc) is 1.51. The maximum Gasteiger partial charge on any atom is 0.193 e. The summed E-state index contributed by atoms with van der Waals surface area (Å²) < 4.78 is 0. The predicted molar refractivity (Wildman–Crippen MR) is 346 cm³/mol. The number of nitrogens with zero attached hydrogens (tertiary/aromatic N) is 2. The molecule has 4 heteroatoms. The van der Waals surface area contributed by atoms with Crippen LogP contribution >= 0.6 is 0 Å². The molecule has 12 aromatic carbocycles. The molecule has 0 N–H and O–H groups in total. The Bertz CT molecular complexity index is 3870. The van der Waals surface area contributed by atoms with Crippen LogP contribution in [-0.4, -0.2) is 11.6 Å². The lowest BCUT2D eigenvalue weighted by Gasteiger charge is -2.31. The van der Waals surface area contributed by atoms with Crippen molar-refractivity contribution in [2.24, 2.45) is 0 Å². The highest BCUT2D eigenvalue weighted by atomic mass is 16.1. The minimum Gasteiger partial charge on any atom is -0.310 e. The van der Waals surface area contributed by atoms with Gasteiger partial charge < -0.3 is 9.80 Å². The van der Waals surface area contributed by atoms with Gasteiger partial charge in [-0.3, -0.25) is 9.59 Å². The topological polar surface area (TPSA) is 40.6 Å². The standard InChI is InChI=1S/C78H68N2O2/c1-7-9-11-55-21-25-59(26-22-55)77(81)61-33-29-57(30-34-61)71-49-73(79(63-37-13-51(3)14-38-63)64-39-15-52(4)16-40-64)69-48-46-68-72(58-31-35-62(36-32-58)78(82)60-27-23-56(24-28-60)12-10-8-2)50-74(70-47-45-67(71)75(69)76(68)70)80(65-41-17-53(5)18-42-65)66-43-19-54(6)20-44-66/h13-50H,7-12H2,1-6H3. The van der Waals surface area contributed by atoms with E-state index < -0.39 is 0 Å². The first kappa shape index (κ1) is 53.3. The van der Waals surface area contributed by atoms with Crippen molar-refractivity contribution in [1.29, 1.82) is 0 Å². The number of anilines is 6. The Morgan fingerprint density at radius 2 is 0.585 bits per heavy atom. The molecule has 0 unspecified atom stereocenters. The smallest absolute Gasteiger partial charge is 0.193 e. The normalized spacial score (nSPS) is 11.4. The lowest BCUT2D eigenvalue weighted by molar-refractivity contribution is 0.103. The summed E-state index contributed by atoms with van der Waals surface area (Å²) in [7, 11) is 0. The first-order chi connectivity index (χ1) is 40.0. The number of carbonyl (C=O) groups excluding carboxylic acids is 2. The van der Waals surface area contributed by atoms with Gasteiger partial charge in [0.2, 0.25) is 0 Å². The predicted octanol–water partition coefficient (Wildman–Crippen LogP) is 21.2. The van der Waals surface area contributed by atoms with Gasteiger partial charge in [-0.1, -0.05) is 219 Å². The molecular formula is C78H68N2O2. The molecule has 12 aromatic rings. The minimum absolute atomic E-state index is 0.00945. The molecule has 0 aliphatic heterocycles. The van der Waals surface area contributed by atoms with Gasteiger partial charge in [0.15, 0.2) is 11.6 Å². The van der Waals surface area contributed by atoms with Crippen molar-refractivity contribution in [2.45, 2.75) is 80.1 Å². The number of unbranched alkanes of at least 4 members (excludes halogenated alkanes) is 2.